The lowest BCUT2D eigenvalue weighted by Gasteiger charge is -2.16. The summed E-state index contributed by atoms with van der Waals surface area (Å²) in [5.74, 6) is -0.254. The maximum Gasteiger partial charge on any atom is 0.141 e. The number of hydrogen-bond donors (Lipinski definition) is 1. The van der Waals surface area contributed by atoms with Crippen LogP contribution < -0.4 is 5.32 Å². The van der Waals surface area contributed by atoms with E-state index in [4.69, 9.17) is 0 Å². The molecule has 1 heterocycles. The van der Waals surface area contributed by atoms with Crippen molar-refractivity contribution in [1.29, 1.82) is 0 Å². The van der Waals surface area contributed by atoms with E-state index < -0.39 is 0 Å². The van der Waals surface area contributed by atoms with Gasteiger partial charge >= 0.3 is 0 Å². The predicted molar refractivity (Wildman–Crippen MR) is 74.0 cm³/mol. The zero-order valence-electron chi connectivity index (χ0n) is 11.6. The fourth-order valence-electron chi connectivity index (χ4n) is 2.23. The Morgan fingerprint density at radius 2 is 1.89 bits per heavy atom. The van der Waals surface area contributed by atoms with Gasteiger partial charge in [-0.05, 0) is 25.1 Å². The number of nitrogens with one attached hydrogen (secondary N) is 1. The van der Waals surface area contributed by atoms with Crippen LogP contribution in [0.1, 0.15) is 63.5 Å². The van der Waals surface area contributed by atoms with Gasteiger partial charge in [0.1, 0.15) is 5.82 Å². The third-order valence-corrected chi connectivity index (χ3v) is 3.32. The Hall–Kier alpha value is -0.960. The van der Waals surface area contributed by atoms with Crippen molar-refractivity contribution in [3.63, 3.8) is 0 Å². The monoisotopic (exact) mass is 252 g/mol. The van der Waals surface area contributed by atoms with Crippen LogP contribution in [0.15, 0.2) is 18.5 Å². The maximum atomic E-state index is 13.1. The van der Waals surface area contributed by atoms with E-state index in [0.29, 0.717) is 0 Å². The fraction of sp³-hybridized carbons (Fsp3) is 0.667. The lowest BCUT2D eigenvalue weighted by Crippen LogP contribution is -2.16. The number of hydrogen-bond acceptors (Lipinski definition) is 2. The second-order valence-electron chi connectivity index (χ2n) is 4.83. The molecule has 1 unspecified atom stereocenters. The Kier molecular flexibility index (Phi) is 7.58. The summed E-state index contributed by atoms with van der Waals surface area (Å²) < 4.78 is 13.1. The Morgan fingerprint density at radius 1 is 1.17 bits per heavy atom. The molecule has 102 valence electrons. The third kappa shape index (κ3) is 5.58. The van der Waals surface area contributed by atoms with Crippen molar-refractivity contribution in [1.82, 2.24) is 10.3 Å². The van der Waals surface area contributed by atoms with E-state index in [-0.39, 0.29) is 11.9 Å². The quantitative estimate of drug-likeness (QED) is 0.665. The molecule has 1 aromatic rings. The van der Waals surface area contributed by atoms with Crippen molar-refractivity contribution in [3.8, 4) is 0 Å². The van der Waals surface area contributed by atoms with Gasteiger partial charge in [0.05, 0.1) is 6.20 Å². The van der Waals surface area contributed by atoms with Crippen LogP contribution in [-0.2, 0) is 0 Å². The first-order valence-electron chi connectivity index (χ1n) is 7.05. The van der Waals surface area contributed by atoms with Crippen LogP contribution in [0, 0.1) is 5.82 Å². The van der Waals surface area contributed by atoms with Crippen molar-refractivity contribution in [2.24, 2.45) is 0 Å². The van der Waals surface area contributed by atoms with E-state index in [0.717, 1.165) is 12.0 Å². The van der Waals surface area contributed by atoms with Gasteiger partial charge in [-0.25, -0.2) is 4.39 Å². The first kappa shape index (κ1) is 15.1. The van der Waals surface area contributed by atoms with Crippen LogP contribution >= 0.6 is 0 Å². The van der Waals surface area contributed by atoms with Gasteiger partial charge in [0, 0.05) is 12.2 Å². The highest BCUT2D eigenvalue weighted by atomic mass is 19.1. The maximum absolute atomic E-state index is 13.1. The van der Waals surface area contributed by atoms with E-state index in [9.17, 15) is 4.39 Å². The van der Waals surface area contributed by atoms with Gasteiger partial charge in [-0.15, -0.1) is 0 Å². The molecule has 1 N–H and O–H groups in total. The highest BCUT2D eigenvalue weighted by molar-refractivity contribution is 5.14. The van der Waals surface area contributed by atoms with Gasteiger partial charge in [-0.2, -0.15) is 0 Å². The topological polar surface area (TPSA) is 24.9 Å². The molecule has 0 saturated carbocycles. The molecule has 1 atom stereocenters. The molecule has 1 aromatic heterocycles. The average Bonchev–Trinajstić information content (AvgIpc) is 2.38. The standard InChI is InChI=1S/C15H25FN2/c1-3-4-5-6-7-8-9-15(17-2)13-10-14(16)12-18-11-13/h10-12,15,17H,3-9H2,1-2H3. The van der Waals surface area contributed by atoms with Crippen molar-refractivity contribution in [2.75, 3.05) is 7.05 Å². The van der Waals surface area contributed by atoms with Crippen LogP contribution in [0.5, 0.6) is 0 Å². The lowest BCUT2D eigenvalue weighted by atomic mass is 10.0. The summed E-state index contributed by atoms with van der Waals surface area (Å²) in [5.41, 5.74) is 0.950. The zero-order chi connectivity index (χ0) is 13.2. The third-order valence-electron chi connectivity index (χ3n) is 3.32. The molecular weight excluding hydrogens is 227 g/mol. The molecular formula is C15H25FN2. The molecule has 0 spiro atoms. The molecule has 2 nitrogen and oxygen atoms in total. The highest BCUT2D eigenvalue weighted by Gasteiger charge is 2.09. The second kappa shape index (κ2) is 9.03. The summed E-state index contributed by atoms with van der Waals surface area (Å²) >= 11 is 0. The minimum Gasteiger partial charge on any atom is -0.313 e. The highest BCUT2D eigenvalue weighted by Crippen LogP contribution is 2.20. The Balaban J connectivity index is 2.29. The molecule has 18 heavy (non-hydrogen) atoms. The minimum atomic E-state index is -0.254. The molecule has 0 fully saturated rings. The van der Waals surface area contributed by atoms with Crippen molar-refractivity contribution in [3.05, 3.63) is 29.8 Å². The number of aromatic nitrogens is 1. The molecule has 0 aromatic carbocycles. The van der Waals surface area contributed by atoms with E-state index in [1.54, 1.807) is 12.3 Å². The van der Waals surface area contributed by atoms with E-state index in [1.165, 1.54) is 44.7 Å². The van der Waals surface area contributed by atoms with E-state index in [1.807, 2.05) is 7.05 Å². The largest absolute Gasteiger partial charge is 0.313 e. The van der Waals surface area contributed by atoms with E-state index in [2.05, 4.69) is 17.2 Å². The second-order valence-corrected chi connectivity index (χ2v) is 4.83. The molecule has 0 aliphatic rings. The summed E-state index contributed by atoms with van der Waals surface area (Å²) in [6, 6.07) is 1.80. The molecule has 0 aliphatic carbocycles. The lowest BCUT2D eigenvalue weighted by molar-refractivity contribution is 0.493. The van der Waals surface area contributed by atoms with Crippen molar-refractivity contribution in [2.45, 2.75) is 57.9 Å². The van der Waals surface area contributed by atoms with E-state index >= 15 is 0 Å². The van der Waals surface area contributed by atoms with Crippen molar-refractivity contribution < 1.29 is 4.39 Å². The summed E-state index contributed by atoms with van der Waals surface area (Å²) in [6.45, 7) is 2.23. The van der Waals surface area contributed by atoms with Gasteiger partial charge in [0.2, 0.25) is 0 Å². The average molecular weight is 252 g/mol. The minimum absolute atomic E-state index is 0.222. The Bertz CT molecular complexity index is 328. The van der Waals surface area contributed by atoms with Gasteiger partial charge in [-0.1, -0.05) is 45.4 Å². The number of nitrogens with zero attached hydrogens (tertiary/aromatic N) is 1. The van der Waals surface area contributed by atoms with Gasteiger partial charge in [0.15, 0.2) is 0 Å². The number of unbranched alkanes of at least 4 members (excludes halogenated alkanes) is 5. The molecule has 0 aliphatic heterocycles. The molecule has 0 bridgehead atoms. The number of pyridine rings is 1. The first-order valence-corrected chi connectivity index (χ1v) is 7.05. The molecule has 0 radical (unpaired) electrons. The van der Waals surface area contributed by atoms with Crippen LogP contribution in [0.2, 0.25) is 0 Å². The normalized spacial score (nSPS) is 12.6. The van der Waals surface area contributed by atoms with Crippen LogP contribution in [0.4, 0.5) is 4.39 Å². The van der Waals surface area contributed by atoms with Crippen LogP contribution in [-0.4, -0.2) is 12.0 Å². The Morgan fingerprint density at radius 3 is 2.56 bits per heavy atom. The summed E-state index contributed by atoms with van der Waals surface area (Å²) in [7, 11) is 1.92. The van der Waals surface area contributed by atoms with Crippen molar-refractivity contribution >= 4 is 0 Å². The molecule has 0 saturated heterocycles. The molecule has 0 amide bonds. The fourth-order valence-corrected chi connectivity index (χ4v) is 2.23. The predicted octanol–water partition coefficient (Wildman–Crippen LogP) is 4.23. The number of halogens is 1. The smallest absolute Gasteiger partial charge is 0.141 e. The zero-order valence-corrected chi connectivity index (χ0v) is 11.6. The SMILES string of the molecule is CCCCCCCCC(NC)c1cncc(F)c1. The first-order chi connectivity index (χ1) is 8.77. The summed E-state index contributed by atoms with van der Waals surface area (Å²) in [5, 5.41) is 3.24. The summed E-state index contributed by atoms with van der Waals surface area (Å²) in [6.07, 6.45) is 11.8. The van der Waals surface area contributed by atoms with Gasteiger partial charge < -0.3 is 5.32 Å². The van der Waals surface area contributed by atoms with Gasteiger partial charge in [-0.3, -0.25) is 4.98 Å². The van der Waals surface area contributed by atoms with Crippen LogP contribution in [0.25, 0.3) is 0 Å². The van der Waals surface area contributed by atoms with Gasteiger partial charge in [0.25, 0.3) is 0 Å². The van der Waals surface area contributed by atoms with Crippen LogP contribution in [0.3, 0.4) is 0 Å². The summed E-state index contributed by atoms with van der Waals surface area (Å²) in [4.78, 5) is 3.91. The molecule has 3 heteroatoms. The molecule has 1 rings (SSSR count). The Labute approximate surface area is 110 Å². The number of rotatable bonds is 9.